The summed E-state index contributed by atoms with van der Waals surface area (Å²) in [5.74, 6) is -0.00866. The lowest BCUT2D eigenvalue weighted by molar-refractivity contribution is -0.0792. The molecule has 190 valence electrons. The van der Waals surface area contributed by atoms with Crippen molar-refractivity contribution in [2.45, 2.75) is 46.1 Å². The minimum Gasteiger partial charge on any atom is -0.365 e. The van der Waals surface area contributed by atoms with Gasteiger partial charge in [-0.25, -0.2) is 8.78 Å². The number of hydrogen-bond donors (Lipinski definition) is 0. The van der Waals surface area contributed by atoms with Gasteiger partial charge in [-0.15, -0.1) is 9.60 Å². The van der Waals surface area contributed by atoms with Gasteiger partial charge in [-0.05, 0) is 74.6 Å². The molecule has 5 nitrogen and oxygen atoms in total. The molecule has 0 aliphatic carbocycles. The molecule has 0 bridgehead atoms. The maximum Gasteiger partial charge on any atom is 0.141 e. The molecular weight excluding hydrogens is 451 g/mol. The minimum absolute atomic E-state index is 0.0482. The van der Waals surface area contributed by atoms with Crippen molar-refractivity contribution >= 4 is 12.4 Å². The van der Waals surface area contributed by atoms with Crippen LogP contribution in [0.5, 0.6) is 0 Å². The summed E-state index contributed by atoms with van der Waals surface area (Å²) in [5, 5.41) is 0.825. The molecule has 0 spiro atoms. The number of halogens is 3. The van der Waals surface area contributed by atoms with Gasteiger partial charge >= 0.3 is 0 Å². The number of nitrogens with zero attached hydrogens (tertiary/aromatic N) is 5. The molecule has 1 aromatic carbocycles. The summed E-state index contributed by atoms with van der Waals surface area (Å²) < 4.78 is 39.1. The summed E-state index contributed by atoms with van der Waals surface area (Å²) in [4.78, 5) is 13.8. The van der Waals surface area contributed by atoms with Crippen molar-refractivity contribution in [1.82, 2.24) is 15.0 Å². The van der Waals surface area contributed by atoms with Crippen LogP contribution in [-0.2, 0) is 12.8 Å². The summed E-state index contributed by atoms with van der Waals surface area (Å²) in [5.41, 5.74) is 4.26. The summed E-state index contributed by atoms with van der Waals surface area (Å²) in [6, 6.07) is 6.88. The van der Waals surface area contributed by atoms with Crippen LogP contribution in [0.15, 0.2) is 58.5 Å². The van der Waals surface area contributed by atoms with E-state index in [1.807, 2.05) is 44.9 Å². The molecule has 1 aliphatic rings. The molecule has 8 heteroatoms. The first-order valence-electron chi connectivity index (χ1n) is 11.8. The molecule has 0 saturated carbocycles. The van der Waals surface area contributed by atoms with Gasteiger partial charge in [-0.2, -0.15) is 0 Å². The van der Waals surface area contributed by atoms with Crippen LogP contribution >= 0.6 is 0 Å². The fourth-order valence-electron chi connectivity index (χ4n) is 3.82. The Kier molecular flexibility index (Phi) is 11.1. The van der Waals surface area contributed by atoms with Gasteiger partial charge in [0, 0.05) is 33.4 Å². The van der Waals surface area contributed by atoms with Gasteiger partial charge in [0.25, 0.3) is 0 Å². The van der Waals surface area contributed by atoms with Crippen LogP contribution in [0, 0.1) is 17.6 Å². The Hall–Kier alpha value is -3.00. The predicted octanol–water partition coefficient (Wildman–Crippen LogP) is 5.98. The van der Waals surface area contributed by atoms with Crippen molar-refractivity contribution in [3.63, 3.8) is 0 Å². The maximum atomic E-state index is 13.5. The molecule has 2 heterocycles. The monoisotopic (exact) mass is 487 g/mol. The quantitative estimate of drug-likeness (QED) is 0.323. The molecule has 35 heavy (non-hydrogen) atoms. The van der Waals surface area contributed by atoms with Crippen LogP contribution in [0.1, 0.15) is 49.9 Å². The fourth-order valence-corrected chi connectivity index (χ4v) is 3.82. The van der Waals surface area contributed by atoms with Crippen molar-refractivity contribution < 1.29 is 13.3 Å². The first kappa shape index (κ1) is 28.2. The van der Waals surface area contributed by atoms with E-state index in [9.17, 15) is 13.3 Å². The van der Waals surface area contributed by atoms with E-state index in [4.69, 9.17) is 0 Å². The third-order valence-electron chi connectivity index (χ3n) is 6.34. The normalized spacial score (nSPS) is 15.7. The largest absolute Gasteiger partial charge is 0.365 e. The topological polar surface area (TPSA) is 44.1 Å². The third-order valence-corrected chi connectivity index (χ3v) is 6.34. The van der Waals surface area contributed by atoms with Crippen molar-refractivity contribution in [2.24, 2.45) is 15.9 Å². The zero-order valence-corrected chi connectivity index (χ0v) is 21.3. The van der Waals surface area contributed by atoms with Crippen LogP contribution in [-0.4, -0.2) is 54.6 Å². The Balaban J connectivity index is 0.000000250. The fraction of sp³-hybridized carbons (Fsp3) is 0.444. The van der Waals surface area contributed by atoms with Gasteiger partial charge in [0.2, 0.25) is 0 Å². The van der Waals surface area contributed by atoms with Gasteiger partial charge in [-0.3, -0.25) is 15.0 Å². The Morgan fingerprint density at radius 1 is 1.29 bits per heavy atom. The molecule has 3 rings (SSSR count). The van der Waals surface area contributed by atoms with E-state index in [-0.39, 0.29) is 17.7 Å². The highest BCUT2D eigenvalue weighted by Gasteiger charge is 2.26. The number of allylic oxidation sites excluding steroid dienone is 1. The summed E-state index contributed by atoms with van der Waals surface area (Å²) in [6.45, 7) is 10.3. The number of benzene rings is 1. The van der Waals surface area contributed by atoms with Crippen LogP contribution in [0.4, 0.5) is 13.3 Å². The van der Waals surface area contributed by atoms with Crippen LogP contribution in [0.3, 0.4) is 0 Å². The number of rotatable bonds is 9. The zero-order chi connectivity index (χ0) is 26.0. The molecule has 2 aromatic rings. The number of pyridine rings is 1. The second-order valence-electron chi connectivity index (χ2n) is 8.74. The lowest BCUT2D eigenvalue weighted by Gasteiger charge is -2.31. The molecule has 1 aliphatic heterocycles. The lowest BCUT2D eigenvalue weighted by Crippen LogP contribution is -2.40. The molecule has 0 N–H and O–H groups in total. The first-order chi connectivity index (χ1) is 16.7. The van der Waals surface area contributed by atoms with Gasteiger partial charge in [0.05, 0.1) is 29.8 Å². The minimum atomic E-state index is -0.342. The van der Waals surface area contributed by atoms with Crippen LogP contribution < -0.4 is 0 Å². The molecule has 0 amide bonds. The highest BCUT2D eigenvalue weighted by atomic mass is 19.2. The zero-order valence-electron chi connectivity index (χ0n) is 21.3. The number of aromatic nitrogens is 1. The smallest absolute Gasteiger partial charge is 0.141 e. The predicted molar refractivity (Wildman–Crippen MR) is 137 cm³/mol. The van der Waals surface area contributed by atoms with Crippen molar-refractivity contribution in [3.05, 3.63) is 76.9 Å². The van der Waals surface area contributed by atoms with E-state index >= 15 is 0 Å². The summed E-state index contributed by atoms with van der Waals surface area (Å²) in [7, 11) is 3.62. The highest BCUT2D eigenvalue weighted by molar-refractivity contribution is 5.97. The second-order valence-corrected chi connectivity index (χ2v) is 8.74. The summed E-state index contributed by atoms with van der Waals surface area (Å²) in [6.07, 6.45) is 7.01. The maximum absolute atomic E-state index is 13.5. The Morgan fingerprint density at radius 2 is 2.00 bits per heavy atom. The molecule has 1 aromatic heterocycles. The van der Waals surface area contributed by atoms with E-state index in [2.05, 4.69) is 21.7 Å². The number of hydrogen-bond acceptors (Lipinski definition) is 5. The highest BCUT2D eigenvalue weighted by Crippen LogP contribution is 2.24. The van der Waals surface area contributed by atoms with E-state index in [0.29, 0.717) is 19.0 Å². The Bertz CT molecular complexity index is 1030. The lowest BCUT2D eigenvalue weighted by atomic mass is 9.94. The summed E-state index contributed by atoms with van der Waals surface area (Å²) >= 11 is 0. The van der Waals surface area contributed by atoms with Gasteiger partial charge in [0.15, 0.2) is 0 Å². The van der Waals surface area contributed by atoms with Crippen molar-refractivity contribution in [2.75, 3.05) is 27.2 Å². The molecule has 1 unspecified atom stereocenters. The van der Waals surface area contributed by atoms with E-state index < -0.39 is 0 Å². The van der Waals surface area contributed by atoms with Gasteiger partial charge < -0.3 is 4.90 Å². The Morgan fingerprint density at radius 3 is 2.54 bits per heavy atom. The molecular formula is C27H36F3N5. The average molecular weight is 488 g/mol. The van der Waals surface area contributed by atoms with Gasteiger partial charge in [0.1, 0.15) is 11.6 Å². The number of aryl methyl sites for hydroxylation is 2. The third kappa shape index (κ3) is 8.31. The molecule has 0 radical (unpaired) electrons. The molecule has 1 saturated heterocycles. The van der Waals surface area contributed by atoms with E-state index in [1.165, 1.54) is 12.3 Å². The van der Waals surface area contributed by atoms with Crippen LogP contribution in [0.2, 0.25) is 0 Å². The first-order valence-corrected chi connectivity index (χ1v) is 11.8. The van der Waals surface area contributed by atoms with Gasteiger partial charge in [-0.1, -0.05) is 19.1 Å². The van der Waals surface area contributed by atoms with Crippen molar-refractivity contribution in [3.8, 4) is 0 Å². The SMILES string of the molecule is C=N/C=C(\C(C)=NC)N(C)C(C)c1cncc(F)c1.CCc1ccc(CCC2CN(F)C2)cc1F. The second kappa shape index (κ2) is 13.8. The van der Waals surface area contributed by atoms with E-state index in [0.717, 1.165) is 52.5 Å². The molecule has 1 fully saturated rings. The van der Waals surface area contributed by atoms with Crippen LogP contribution in [0.25, 0.3) is 0 Å². The van der Waals surface area contributed by atoms with Crippen molar-refractivity contribution in [1.29, 1.82) is 0 Å². The Labute approximate surface area is 207 Å². The number of aliphatic imine (C=N–C) groups is 2. The average Bonchev–Trinajstić information content (AvgIpc) is 2.83. The molecule has 1 atom stereocenters. The standard InChI is InChI=1S/C14H19FN4.C13H17F2N/c1-10(17-4)14(9-16-3)19(5)11(2)12-6-13(15)8-18-7-12;1-2-12-6-5-10(7-13(12)14)3-4-11-8-16(15)9-11/h6-9,11H,3H2,1-2,4-5H3;5-7,11H,2-4,8-9H2,1H3/b14-9+,17-10?;. The van der Waals surface area contributed by atoms with E-state index in [1.54, 1.807) is 25.5 Å².